The summed E-state index contributed by atoms with van der Waals surface area (Å²) in [5, 5.41) is 7.34. The topological polar surface area (TPSA) is 85.1 Å². The third-order valence-electron chi connectivity index (χ3n) is 3.41. The molecule has 0 spiro atoms. The third-order valence-corrected chi connectivity index (χ3v) is 4.98. The van der Waals surface area contributed by atoms with Crippen LogP contribution in [0.15, 0.2) is 52.0 Å². The zero-order valence-corrected chi connectivity index (χ0v) is 13.0. The molecule has 0 aliphatic rings. The van der Waals surface area contributed by atoms with Crippen LogP contribution in [0, 0.1) is 6.92 Å². The van der Waals surface area contributed by atoms with Gasteiger partial charge in [0.15, 0.2) is 5.52 Å². The first-order chi connectivity index (χ1) is 10.5. The number of sulfonamides is 1. The quantitative estimate of drug-likeness (QED) is 0.799. The van der Waals surface area contributed by atoms with Crippen LogP contribution >= 0.6 is 0 Å². The van der Waals surface area contributed by atoms with E-state index in [1.165, 1.54) is 6.07 Å². The molecule has 1 N–H and O–H groups in total. The highest BCUT2D eigenvalue weighted by Crippen LogP contribution is 2.22. The van der Waals surface area contributed by atoms with E-state index in [9.17, 15) is 8.42 Å². The van der Waals surface area contributed by atoms with Crippen LogP contribution in [-0.4, -0.2) is 18.7 Å². The van der Waals surface area contributed by atoms with Crippen LogP contribution in [0.3, 0.4) is 0 Å². The van der Waals surface area contributed by atoms with Gasteiger partial charge in [-0.15, -0.1) is 0 Å². The second-order valence-corrected chi connectivity index (χ2v) is 6.83. The summed E-state index contributed by atoms with van der Waals surface area (Å²) in [5.41, 5.74) is 2.61. The molecule has 114 valence electrons. The number of nitrogens with one attached hydrogen (secondary N) is 1. The summed E-state index contributed by atoms with van der Waals surface area (Å²) < 4.78 is 32.5. The van der Waals surface area contributed by atoms with Crippen LogP contribution in [0.1, 0.15) is 24.1 Å². The minimum absolute atomic E-state index is 0.0609. The first-order valence-corrected chi connectivity index (χ1v) is 8.26. The summed E-state index contributed by atoms with van der Waals surface area (Å²) >= 11 is 0. The van der Waals surface area contributed by atoms with Crippen molar-refractivity contribution < 1.29 is 13.0 Å². The van der Waals surface area contributed by atoms with E-state index in [4.69, 9.17) is 0 Å². The smallest absolute Gasteiger partial charge is 0.243 e. The second kappa shape index (κ2) is 5.51. The van der Waals surface area contributed by atoms with E-state index in [2.05, 4.69) is 19.7 Å². The number of aromatic nitrogens is 2. The minimum atomic E-state index is -3.73. The highest BCUT2D eigenvalue weighted by atomic mass is 32.2. The molecular formula is C15H15N3O3S. The maximum absolute atomic E-state index is 12.6. The van der Waals surface area contributed by atoms with Gasteiger partial charge in [0.1, 0.15) is 10.4 Å². The van der Waals surface area contributed by atoms with E-state index < -0.39 is 10.0 Å². The van der Waals surface area contributed by atoms with Gasteiger partial charge in [0, 0.05) is 6.04 Å². The summed E-state index contributed by atoms with van der Waals surface area (Å²) in [5.74, 6) is 0. The van der Waals surface area contributed by atoms with Gasteiger partial charge in [-0.2, -0.15) is 0 Å². The van der Waals surface area contributed by atoms with Gasteiger partial charge < -0.3 is 0 Å². The molecule has 7 heteroatoms. The molecule has 3 aromatic rings. The molecule has 0 radical (unpaired) electrons. The highest BCUT2D eigenvalue weighted by molar-refractivity contribution is 7.89. The van der Waals surface area contributed by atoms with Gasteiger partial charge in [-0.1, -0.05) is 35.9 Å². The number of fused-ring (bicyclic) bond motifs is 1. The van der Waals surface area contributed by atoms with Gasteiger partial charge in [0.2, 0.25) is 10.0 Å². The lowest BCUT2D eigenvalue weighted by Gasteiger charge is -2.15. The van der Waals surface area contributed by atoms with E-state index >= 15 is 0 Å². The molecule has 22 heavy (non-hydrogen) atoms. The summed E-state index contributed by atoms with van der Waals surface area (Å²) in [6.45, 7) is 3.76. The SMILES string of the molecule is Cc1cccc([C@@H](C)NS(=O)(=O)c2cccc3nonc23)c1. The number of hydrogen-bond acceptors (Lipinski definition) is 5. The van der Waals surface area contributed by atoms with Crippen molar-refractivity contribution in [1.82, 2.24) is 15.0 Å². The van der Waals surface area contributed by atoms with E-state index in [1.54, 1.807) is 19.1 Å². The Morgan fingerprint density at radius 1 is 1.14 bits per heavy atom. The first-order valence-electron chi connectivity index (χ1n) is 6.77. The first kappa shape index (κ1) is 14.7. The lowest BCUT2D eigenvalue weighted by atomic mass is 10.1. The second-order valence-electron chi connectivity index (χ2n) is 5.15. The predicted molar refractivity (Wildman–Crippen MR) is 81.7 cm³/mol. The van der Waals surface area contributed by atoms with Crippen LogP contribution < -0.4 is 4.72 Å². The predicted octanol–water partition coefficient (Wildman–Crippen LogP) is 2.57. The Kier molecular flexibility index (Phi) is 3.67. The average Bonchev–Trinajstić information content (AvgIpc) is 2.94. The van der Waals surface area contributed by atoms with Gasteiger partial charge in [-0.3, -0.25) is 0 Å². The Morgan fingerprint density at radius 2 is 1.91 bits per heavy atom. The summed E-state index contributed by atoms with van der Waals surface area (Å²) in [4.78, 5) is 0.0609. The van der Waals surface area contributed by atoms with E-state index in [1.807, 2.05) is 31.2 Å². The largest absolute Gasteiger partial charge is 0.243 e. The lowest BCUT2D eigenvalue weighted by Crippen LogP contribution is -2.27. The van der Waals surface area contributed by atoms with Crippen molar-refractivity contribution in [2.24, 2.45) is 0 Å². The van der Waals surface area contributed by atoms with Crippen LogP contribution in [0.5, 0.6) is 0 Å². The molecule has 1 aromatic heterocycles. The van der Waals surface area contributed by atoms with Crippen LogP contribution in [-0.2, 0) is 10.0 Å². The molecule has 0 unspecified atom stereocenters. The highest BCUT2D eigenvalue weighted by Gasteiger charge is 2.22. The van der Waals surface area contributed by atoms with E-state index in [0.29, 0.717) is 5.52 Å². The molecule has 3 rings (SSSR count). The molecule has 6 nitrogen and oxygen atoms in total. The zero-order valence-electron chi connectivity index (χ0n) is 12.1. The van der Waals surface area contributed by atoms with Gasteiger partial charge in [-0.25, -0.2) is 17.8 Å². The molecule has 0 saturated carbocycles. The van der Waals surface area contributed by atoms with Gasteiger partial charge >= 0.3 is 0 Å². The fourth-order valence-electron chi connectivity index (χ4n) is 2.30. The fourth-order valence-corrected chi connectivity index (χ4v) is 3.68. The minimum Gasteiger partial charge on any atom is -0.243 e. The summed E-state index contributed by atoms with van der Waals surface area (Å²) in [7, 11) is -3.73. The number of rotatable bonds is 4. The van der Waals surface area contributed by atoms with Crippen molar-refractivity contribution in [3.63, 3.8) is 0 Å². The summed E-state index contributed by atoms with van der Waals surface area (Å²) in [6.07, 6.45) is 0. The molecule has 1 atom stereocenters. The van der Waals surface area contributed by atoms with Crippen molar-refractivity contribution in [2.45, 2.75) is 24.8 Å². The van der Waals surface area contributed by atoms with Crippen LogP contribution in [0.4, 0.5) is 0 Å². The van der Waals surface area contributed by atoms with E-state index in [-0.39, 0.29) is 16.5 Å². The number of benzene rings is 2. The molecule has 1 heterocycles. The monoisotopic (exact) mass is 317 g/mol. The Balaban J connectivity index is 1.95. The molecule has 0 aliphatic carbocycles. The van der Waals surface area contributed by atoms with Crippen molar-refractivity contribution >= 4 is 21.1 Å². The zero-order chi connectivity index (χ0) is 15.7. The maximum Gasteiger partial charge on any atom is 0.243 e. The number of nitrogens with zero attached hydrogens (tertiary/aromatic N) is 2. The number of aryl methyl sites for hydroxylation is 1. The maximum atomic E-state index is 12.6. The Bertz CT molecular complexity index is 918. The summed E-state index contributed by atoms with van der Waals surface area (Å²) in [6, 6.07) is 12.1. The third kappa shape index (κ3) is 2.72. The lowest BCUT2D eigenvalue weighted by molar-refractivity contribution is 0.315. The molecule has 0 fully saturated rings. The molecule has 2 aromatic carbocycles. The van der Waals surface area contributed by atoms with Crippen molar-refractivity contribution in [3.05, 3.63) is 53.6 Å². The van der Waals surface area contributed by atoms with Crippen LogP contribution in [0.2, 0.25) is 0 Å². The Labute approximate surface area is 128 Å². The van der Waals surface area contributed by atoms with Gasteiger partial charge in [0.05, 0.1) is 0 Å². The molecular weight excluding hydrogens is 302 g/mol. The number of hydrogen-bond donors (Lipinski definition) is 1. The molecule has 0 bridgehead atoms. The van der Waals surface area contributed by atoms with Crippen molar-refractivity contribution in [2.75, 3.05) is 0 Å². The van der Waals surface area contributed by atoms with Crippen molar-refractivity contribution in [3.8, 4) is 0 Å². The van der Waals surface area contributed by atoms with E-state index in [0.717, 1.165) is 11.1 Å². The Hall–Kier alpha value is -2.25. The standard InChI is InChI=1S/C15H15N3O3S/c1-10-5-3-6-12(9-10)11(2)18-22(19,20)14-8-4-7-13-15(14)17-21-16-13/h3-9,11,18H,1-2H3/t11-/m1/s1. The normalized spacial score (nSPS) is 13.4. The molecule has 0 aliphatic heterocycles. The average molecular weight is 317 g/mol. The van der Waals surface area contributed by atoms with Crippen LogP contribution in [0.25, 0.3) is 11.0 Å². The Morgan fingerprint density at radius 3 is 2.68 bits per heavy atom. The van der Waals surface area contributed by atoms with Crippen molar-refractivity contribution in [1.29, 1.82) is 0 Å². The van der Waals surface area contributed by atoms with Gasteiger partial charge in [0.25, 0.3) is 0 Å². The van der Waals surface area contributed by atoms with Gasteiger partial charge in [-0.05, 0) is 41.9 Å². The molecule has 0 amide bonds. The molecule has 0 saturated heterocycles. The fraction of sp³-hybridized carbons (Fsp3) is 0.200.